The first-order chi connectivity index (χ1) is 13.0. The first kappa shape index (κ1) is 18.3. The van der Waals surface area contributed by atoms with E-state index < -0.39 is 0 Å². The Hall–Kier alpha value is -2.12. The van der Waals surface area contributed by atoms with Gasteiger partial charge in [-0.1, -0.05) is 22.8 Å². The lowest BCUT2D eigenvalue weighted by atomic mass is 9.72. The molecule has 0 bridgehead atoms. The van der Waals surface area contributed by atoms with Crippen molar-refractivity contribution in [2.75, 3.05) is 31.6 Å². The summed E-state index contributed by atoms with van der Waals surface area (Å²) in [6.45, 7) is 6.32. The van der Waals surface area contributed by atoms with E-state index >= 15 is 0 Å². The fraction of sp³-hybridized carbons (Fsp3) is 0.526. The summed E-state index contributed by atoms with van der Waals surface area (Å²) in [4.78, 5) is 19.3. The van der Waals surface area contributed by atoms with Crippen LogP contribution in [0.5, 0.6) is 0 Å². The third-order valence-electron chi connectivity index (χ3n) is 5.71. The Morgan fingerprint density at radius 1 is 1.33 bits per heavy atom. The minimum atomic E-state index is -0.134. The molecule has 2 aromatic rings. The van der Waals surface area contributed by atoms with Gasteiger partial charge in [-0.05, 0) is 44.4 Å². The second kappa shape index (κ2) is 7.13. The third-order valence-corrected chi connectivity index (χ3v) is 5.94. The molecular weight excluding hydrogens is 368 g/mol. The summed E-state index contributed by atoms with van der Waals surface area (Å²) in [6, 6.07) is 5.35. The summed E-state index contributed by atoms with van der Waals surface area (Å²) >= 11 is 6.08. The molecule has 3 heterocycles. The second-order valence-corrected chi connectivity index (χ2v) is 7.91. The molecule has 1 aromatic carbocycles. The molecule has 8 heteroatoms. The van der Waals surface area contributed by atoms with E-state index in [0.717, 1.165) is 24.1 Å². The Morgan fingerprint density at radius 2 is 2.11 bits per heavy atom. The highest BCUT2D eigenvalue weighted by Gasteiger charge is 2.51. The number of aromatic nitrogens is 2. The number of hydrogen-bond acceptors (Lipinski definition) is 5. The molecule has 27 heavy (non-hydrogen) atoms. The van der Waals surface area contributed by atoms with Crippen LogP contribution in [0.15, 0.2) is 22.7 Å². The average molecular weight is 391 g/mol. The zero-order chi connectivity index (χ0) is 19.0. The van der Waals surface area contributed by atoms with Crippen LogP contribution in [-0.4, -0.2) is 47.4 Å². The Balaban J connectivity index is 1.57. The number of ether oxygens (including phenoxy) is 1. The van der Waals surface area contributed by atoms with Crippen LogP contribution >= 0.6 is 11.6 Å². The van der Waals surface area contributed by atoms with Gasteiger partial charge in [-0.15, -0.1) is 0 Å². The smallest absolute Gasteiger partial charge is 0.321 e. The maximum Gasteiger partial charge on any atom is 0.321 e. The molecule has 0 aliphatic carbocycles. The van der Waals surface area contributed by atoms with Crippen molar-refractivity contribution in [3.05, 3.63) is 40.5 Å². The number of halogens is 1. The fourth-order valence-electron chi connectivity index (χ4n) is 4.13. The van der Waals surface area contributed by atoms with Crippen molar-refractivity contribution in [1.82, 2.24) is 15.0 Å². The number of nitrogens with one attached hydrogen (secondary N) is 1. The van der Waals surface area contributed by atoms with Gasteiger partial charge in [0, 0.05) is 42.4 Å². The van der Waals surface area contributed by atoms with Gasteiger partial charge >= 0.3 is 6.03 Å². The number of carbonyl (C=O) groups excluding carboxylic acids is 1. The van der Waals surface area contributed by atoms with Crippen molar-refractivity contribution in [2.45, 2.75) is 32.6 Å². The summed E-state index contributed by atoms with van der Waals surface area (Å²) in [5.41, 5.74) is 1.61. The first-order valence-corrected chi connectivity index (χ1v) is 9.55. The molecule has 2 aliphatic rings. The number of likely N-dealkylation sites (tertiary alicyclic amines) is 1. The van der Waals surface area contributed by atoms with Crippen molar-refractivity contribution < 1.29 is 14.1 Å². The quantitative estimate of drug-likeness (QED) is 0.844. The molecule has 2 fully saturated rings. The molecule has 7 nitrogen and oxygen atoms in total. The zero-order valence-electron chi connectivity index (χ0n) is 15.5. The maximum absolute atomic E-state index is 13.0. The second-order valence-electron chi connectivity index (χ2n) is 7.48. The Kier molecular flexibility index (Phi) is 4.82. The van der Waals surface area contributed by atoms with Crippen LogP contribution in [0, 0.1) is 19.3 Å². The average Bonchev–Trinajstić information content (AvgIpc) is 3.23. The van der Waals surface area contributed by atoms with Crippen LogP contribution < -0.4 is 5.32 Å². The summed E-state index contributed by atoms with van der Waals surface area (Å²) in [7, 11) is 0. The summed E-state index contributed by atoms with van der Waals surface area (Å²) < 4.78 is 11.0. The van der Waals surface area contributed by atoms with Gasteiger partial charge in [0.05, 0.1) is 5.92 Å². The lowest BCUT2D eigenvalue weighted by Gasteiger charge is -2.36. The van der Waals surface area contributed by atoms with Gasteiger partial charge in [0.15, 0.2) is 5.82 Å². The van der Waals surface area contributed by atoms with E-state index in [1.54, 1.807) is 6.07 Å². The SMILES string of the molecule is Cc1noc([C@H]2CN(C(=O)Nc3cc(Cl)ccc3C)CC23CCOCC3)n1. The van der Waals surface area contributed by atoms with E-state index in [0.29, 0.717) is 43.0 Å². The molecule has 1 aromatic heterocycles. The van der Waals surface area contributed by atoms with Crippen LogP contribution in [-0.2, 0) is 4.74 Å². The van der Waals surface area contributed by atoms with Crippen LogP contribution in [0.1, 0.15) is 36.0 Å². The molecular formula is C19H23ClN4O3. The monoisotopic (exact) mass is 390 g/mol. The minimum absolute atomic E-state index is 0.0220. The number of nitrogens with zero attached hydrogens (tertiary/aromatic N) is 3. The molecule has 2 amide bonds. The van der Waals surface area contributed by atoms with Gasteiger partial charge in [-0.3, -0.25) is 0 Å². The van der Waals surface area contributed by atoms with Crippen LogP contribution in [0.4, 0.5) is 10.5 Å². The number of rotatable bonds is 2. The van der Waals surface area contributed by atoms with Crippen LogP contribution in [0.25, 0.3) is 0 Å². The molecule has 0 saturated carbocycles. The van der Waals surface area contributed by atoms with E-state index in [-0.39, 0.29) is 17.4 Å². The van der Waals surface area contributed by atoms with Gasteiger partial charge < -0.3 is 19.5 Å². The van der Waals surface area contributed by atoms with E-state index in [9.17, 15) is 4.79 Å². The van der Waals surface area contributed by atoms with Gasteiger partial charge in [-0.25, -0.2) is 4.79 Å². The molecule has 0 unspecified atom stereocenters. The standard InChI is InChI=1S/C19H23ClN4O3/c1-12-3-4-14(20)9-16(12)22-18(25)24-10-15(17-21-13(2)23-27-17)19(11-24)5-7-26-8-6-19/h3-4,9,15H,5-8,10-11H2,1-2H3,(H,22,25)/t15-/m1/s1. The van der Waals surface area contributed by atoms with Crippen molar-refractivity contribution in [1.29, 1.82) is 0 Å². The topological polar surface area (TPSA) is 80.5 Å². The first-order valence-electron chi connectivity index (χ1n) is 9.17. The van der Waals surface area contributed by atoms with Crippen LogP contribution in [0.2, 0.25) is 5.02 Å². The lowest BCUT2D eigenvalue weighted by Crippen LogP contribution is -2.38. The number of hydrogen-bond donors (Lipinski definition) is 1. The maximum atomic E-state index is 13.0. The summed E-state index contributed by atoms with van der Waals surface area (Å²) in [6.07, 6.45) is 1.75. The number of anilines is 1. The number of amides is 2. The Bertz CT molecular complexity index is 847. The van der Waals surface area contributed by atoms with Gasteiger partial charge in [0.25, 0.3) is 0 Å². The fourth-order valence-corrected chi connectivity index (χ4v) is 4.30. The highest BCUT2D eigenvalue weighted by atomic mass is 35.5. The largest absolute Gasteiger partial charge is 0.381 e. The number of carbonyl (C=O) groups is 1. The molecule has 1 spiro atoms. The van der Waals surface area contributed by atoms with Gasteiger partial charge in [0.2, 0.25) is 5.89 Å². The molecule has 1 N–H and O–H groups in total. The predicted octanol–water partition coefficient (Wildman–Crippen LogP) is 3.77. The predicted molar refractivity (Wildman–Crippen MR) is 101 cm³/mol. The van der Waals surface area contributed by atoms with E-state index in [4.69, 9.17) is 20.9 Å². The van der Waals surface area contributed by atoms with E-state index in [2.05, 4.69) is 15.5 Å². The minimum Gasteiger partial charge on any atom is -0.381 e. The van der Waals surface area contributed by atoms with Gasteiger partial charge in [-0.2, -0.15) is 4.98 Å². The van der Waals surface area contributed by atoms with Crippen molar-refractivity contribution in [3.63, 3.8) is 0 Å². The molecule has 4 rings (SSSR count). The van der Waals surface area contributed by atoms with Crippen LogP contribution in [0.3, 0.4) is 0 Å². The summed E-state index contributed by atoms with van der Waals surface area (Å²) in [5.74, 6) is 1.25. The molecule has 144 valence electrons. The van der Waals surface area contributed by atoms with Crippen molar-refractivity contribution in [2.24, 2.45) is 5.41 Å². The summed E-state index contributed by atoms with van der Waals surface area (Å²) in [5, 5.41) is 7.54. The van der Waals surface area contributed by atoms with Crippen molar-refractivity contribution >= 4 is 23.3 Å². The zero-order valence-corrected chi connectivity index (χ0v) is 16.3. The third kappa shape index (κ3) is 3.53. The van der Waals surface area contributed by atoms with E-state index in [1.165, 1.54) is 0 Å². The normalized spacial score (nSPS) is 21.6. The molecule has 2 saturated heterocycles. The molecule has 0 radical (unpaired) electrons. The molecule has 1 atom stereocenters. The number of urea groups is 1. The highest BCUT2D eigenvalue weighted by Crippen LogP contribution is 2.49. The van der Waals surface area contributed by atoms with E-state index in [1.807, 2.05) is 30.9 Å². The molecule has 2 aliphatic heterocycles. The van der Waals surface area contributed by atoms with Gasteiger partial charge in [0.1, 0.15) is 0 Å². The number of benzene rings is 1. The van der Waals surface area contributed by atoms with Crippen molar-refractivity contribution in [3.8, 4) is 0 Å². The highest BCUT2D eigenvalue weighted by molar-refractivity contribution is 6.31. The lowest BCUT2D eigenvalue weighted by molar-refractivity contribution is 0.00959. The Morgan fingerprint density at radius 3 is 2.81 bits per heavy atom. The Labute approximate surface area is 163 Å². The number of aryl methyl sites for hydroxylation is 2.